The first-order valence-electron chi connectivity index (χ1n) is 5.73. The Hall–Kier alpha value is -2.89. The van der Waals surface area contributed by atoms with Gasteiger partial charge in [-0.1, -0.05) is 6.07 Å². The van der Waals surface area contributed by atoms with E-state index >= 15 is 0 Å². The lowest BCUT2D eigenvalue weighted by atomic mass is 10.2. The van der Waals surface area contributed by atoms with Gasteiger partial charge in [-0.3, -0.25) is 10.1 Å². The summed E-state index contributed by atoms with van der Waals surface area (Å²) in [6, 6.07) is 10.3. The second-order valence-corrected chi connectivity index (χ2v) is 4.14. The molecule has 2 rings (SSSR count). The fourth-order valence-electron chi connectivity index (χ4n) is 1.68. The van der Waals surface area contributed by atoms with Gasteiger partial charge in [0.1, 0.15) is 11.5 Å². The number of ether oxygens (including phenoxy) is 1. The van der Waals surface area contributed by atoms with E-state index in [1.54, 1.807) is 19.1 Å². The summed E-state index contributed by atoms with van der Waals surface area (Å²) < 4.78 is 5.55. The van der Waals surface area contributed by atoms with Crippen LogP contribution in [0.2, 0.25) is 0 Å². The molecule has 0 saturated carbocycles. The van der Waals surface area contributed by atoms with Gasteiger partial charge in [-0.15, -0.1) is 0 Å². The molecule has 0 atom stereocenters. The van der Waals surface area contributed by atoms with Crippen molar-refractivity contribution < 1.29 is 19.6 Å². The molecule has 2 aromatic rings. The van der Waals surface area contributed by atoms with Crippen LogP contribution >= 0.6 is 0 Å². The smallest absolute Gasteiger partial charge is 0.335 e. The number of aryl methyl sites for hydroxylation is 1. The molecule has 0 aliphatic heterocycles. The molecule has 0 amide bonds. The first kappa shape index (κ1) is 13.5. The predicted octanol–water partition coefficient (Wildman–Crippen LogP) is 3.39. The molecular formula is C14H11NO5. The van der Waals surface area contributed by atoms with Crippen LogP contribution in [0.3, 0.4) is 0 Å². The zero-order chi connectivity index (χ0) is 14.7. The first-order valence-corrected chi connectivity index (χ1v) is 5.73. The minimum atomic E-state index is -1.05. The molecule has 0 radical (unpaired) electrons. The van der Waals surface area contributed by atoms with Crippen molar-refractivity contribution in [1.82, 2.24) is 0 Å². The molecule has 0 spiro atoms. The van der Waals surface area contributed by atoms with Gasteiger partial charge in [-0.2, -0.15) is 0 Å². The highest BCUT2D eigenvalue weighted by Crippen LogP contribution is 2.28. The number of aromatic carboxylic acids is 1. The maximum Gasteiger partial charge on any atom is 0.335 e. The van der Waals surface area contributed by atoms with Gasteiger partial charge in [0, 0.05) is 12.1 Å². The minimum absolute atomic E-state index is 0.0193. The van der Waals surface area contributed by atoms with Crippen molar-refractivity contribution in [3.05, 3.63) is 63.7 Å². The lowest BCUT2D eigenvalue weighted by Crippen LogP contribution is -1.96. The highest BCUT2D eigenvalue weighted by atomic mass is 16.6. The average molecular weight is 273 g/mol. The van der Waals surface area contributed by atoms with Crippen LogP contribution in [0.15, 0.2) is 42.5 Å². The lowest BCUT2D eigenvalue weighted by Gasteiger charge is -2.08. The van der Waals surface area contributed by atoms with Crippen molar-refractivity contribution in [2.75, 3.05) is 0 Å². The average Bonchev–Trinajstić information content (AvgIpc) is 2.41. The van der Waals surface area contributed by atoms with Crippen LogP contribution in [0.25, 0.3) is 0 Å². The summed E-state index contributed by atoms with van der Waals surface area (Å²) in [5.41, 5.74) is 0.691. The van der Waals surface area contributed by atoms with E-state index in [-0.39, 0.29) is 11.3 Å². The van der Waals surface area contributed by atoms with Gasteiger partial charge in [-0.25, -0.2) is 4.79 Å². The van der Waals surface area contributed by atoms with Crippen LogP contribution in [-0.4, -0.2) is 16.0 Å². The number of carboxylic acid groups (broad SMARTS) is 1. The van der Waals surface area contributed by atoms with Crippen molar-refractivity contribution >= 4 is 11.7 Å². The molecule has 0 saturated heterocycles. The second-order valence-electron chi connectivity index (χ2n) is 4.14. The molecule has 1 N–H and O–H groups in total. The minimum Gasteiger partial charge on any atom is -0.478 e. The largest absolute Gasteiger partial charge is 0.478 e. The summed E-state index contributed by atoms with van der Waals surface area (Å²) in [4.78, 5) is 21.0. The standard InChI is InChI=1S/C14H11NO5/c1-9-7-11(15(18)19)5-6-13(9)20-12-4-2-3-10(8-12)14(16)17/h2-8H,1H3,(H,16,17). The number of non-ortho nitro benzene ring substituents is 1. The van der Waals surface area contributed by atoms with Gasteiger partial charge in [0.2, 0.25) is 0 Å². The molecule has 2 aromatic carbocycles. The number of nitrogens with zero attached hydrogens (tertiary/aromatic N) is 1. The summed E-state index contributed by atoms with van der Waals surface area (Å²) in [6.07, 6.45) is 0. The van der Waals surface area contributed by atoms with Gasteiger partial charge in [0.25, 0.3) is 5.69 Å². The summed E-state index contributed by atoms with van der Waals surface area (Å²) in [6.45, 7) is 1.68. The van der Waals surface area contributed by atoms with Crippen LogP contribution in [-0.2, 0) is 0 Å². The molecule has 102 valence electrons. The van der Waals surface area contributed by atoms with Crippen molar-refractivity contribution in [3.63, 3.8) is 0 Å². The van der Waals surface area contributed by atoms with Crippen LogP contribution < -0.4 is 4.74 Å². The third-order valence-electron chi connectivity index (χ3n) is 2.68. The third kappa shape index (κ3) is 2.92. The summed E-state index contributed by atoms with van der Waals surface area (Å²) in [7, 11) is 0. The number of nitro groups is 1. The molecule has 0 aliphatic carbocycles. The molecule has 0 aromatic heterocycles. The van der Waals surface area contributed by atoms with E-state index in [1.807, 2.05) is 0 Å². The van der Waals surface area contributed by atoms with E-state index < -0.39 is 10.9 Å². The van der Waals surface area contributed by atoms with Crippen LogP contribution in [0, 0.1) is 17.0 Å². The Morgan fingerprint density at radius 3 is 2.60 bits per heavy atom. The van der Waals surface area contributed by atoms with Crippen molar-refractivity contribution in [1.29, 1.82) is 0 Å². The van der Waals surface area contributed by atoms with Gasteiger partial charge >= 0.3 is 5.97 Å². The molecule has 6 heteroatoms. The van der Waals surface area contributed by atoms with Crippen molar-refractivity contribution in [2.45, 2.75) is 6.92 Å². The maximum atomic E-state index is 10.9. The fourth-order valence-corrected chi connectivity index (χ4v) is 1.68. The lowest BCUT2D eigenvalue weighted by molar-refractivity contribution is -0.384. The Morgan fingerprint density at radius 1 is 1.25 bits per heavy atom. The SMILES string of the molecule is Cc1cc([N+](=O)[O-])ccc1Oc1cccc(C(=O)O)c1. The normalized spacial score (nSPS) is 10.1. The molecule has 0 heterocycles. The van der Waals surface area contributed by atoms with Gasteiger partial charge < -0.3 is 9.84 Å². The summed E-state index contributed by atoms with van der Waals surface area (Å²) in [5.74, 6) is -0.240. The molecule has 0 aliphatic rings. The van der Waals surface area contributed by atoms with Gasteiger partial charge in [0.15, 0.2) is 0 Å². The monoisotopic (exact) mass is 273 g/mol. The number of rotatable bonds is 4. The molecule has 0 fully saturated rings. The fraction of sp³-hybridized carbons (Fsp3) is 0.0714. The Labute approximate surface area is 114 Å². The topological polar surface area (TPSA) is 89.7 Å². The van der Waals surface area contributed by atoms with Crippen LogP contribution in [0.4, 0.5) is 5.69 Å². The third-order valence-corrected chi connectivity index (χ3v) is 2.68. The van der Waals surface area contributed by atoms with Crippen molar-refractivity contribution in [3.8, 4) is 11.5 Å². The predicted molar refractivity (Wildman–Crippen MR) is 71.3 cm³/mol. The number of hydrogen-bond acceptors (Lipinski definition) is 4. The molecule has 0 bridgehead atoms. The zero-order valence-electron chi connectivity index (χ0n) is 10.6. The Morgan fingerprint density at radius 2 is 2.00 bits per heavy atom. The summed E-state index contributed by atoms with van der Waals surface area (Å²) in [5, 5.41) is 19.5. The second kappa shape index (κ2) is 5.40. The highest BCUT2D eigenvalue weighted by Gasteiger charge is 2.10. The molecule has 6 nitrogen and oxygen atoms in total. The highest BCUT2D eigenvalue weighted by molar-refractivity contribution is 5.88. The Balaban J connectivity index is 2.28. The van der Waals surface area contributed by atoms with E-state index in [9.17, 15) is 14.9 Å². The number of benzene rings is 2. The molecular weight excluding hydrogens is 262 g/mol. The van der Waals surface area contributed by atoms with Crippen LogP contribution in [0.5, 0.6) is 11.5 Å². The molecule has 20 heavy (non-hydrogen) atoms. The van der Waals surface area contributed by atoms with Gasteiger partial charge in [0.05, 0.1) is 10.5 Å². The van der Waals surface area contributed by atoms with Crippen LogP contribution in [0.1, 0.15) is 15.9 Å². The Bertz CT molecular complexity index is 681. The van der Waals surface area contributed by atoms with E-state index in [2.05, 4.69) is 0 Å². The van der Waals surface area contributed by atoms with E-state index in [0.717, 1.165) is 0 Å². The number of nitro benzene ring substituents is 1. The van der Waals surface area contributed by atoms with E-state index in [4.69, 9.17) is 9.84 Å². The number of carboxylic acids is 1. The quantitative estimate of drug-likeness (QED) is 0.681. The van der Waals surface area contributed by atoms with Crippen molar-refractivity contribution in [2.24, 2.45) is 0 Å². The van der Waals surface area contributed by atoms with E-state index in [0.29, 0.717) is 17.1 Å². The molecule has 0 unspecified atom stereocenters. The first-order chi connectivity index (χ1) is 9.47. The number of hydrogen-bond donors (Lipinski definition) is 1. The number of carbonyl (C=O) groups is 1. The Kier molecular flexibility index (Phi) is 3.65. The summed E-state index contributed by atoms with van der Waals surface area (Å²) >= 11 is 0. The van der Waals surface area contributed by atoms with E-state index in [1.165, 1.54) is 30.3 Å². The maximum absolute atomic E-state index is 10.9. The zero-order valence-corrected chi connectivity index (χ0v) is 10.6. The van der Waals surface area contributed by atoms with Gasteiger partial charge in [-0.05, 0) is 36.8 Å².